The zero-order chi connectivity index (χ0) is 52.1. The monoisotopic (exact) mass is 1020 g/mol. The smallest absolute Gasteiger partial charge is 0.407 e. The van der Waals surface area contributed by atoms with E-state index >= 15 is 8.78 Å². The van der Waals surface area contributed by atoms with Gasteiger partial charge in [-0.25, -0.2) is 23.5 Å². The molecule has 0 bridgehead atoms. The Kier molecular flexibility index (Phi) is 14.3. The quantitative estimate of drug-likeness (QED) is 0.0835. The van der Waals surface area contributed by atoms with Crippen molar-refractivity contribution < 1.29 is 27.9 Å². The number of aromatic amines is 2. The number of nitrogens with one attached hydrogen (secondary N) is 4. The third-order valence-corrected chi connectivity index (χ3v) is 17.5. The van der Waals surface area contributed by atoms with Crippen LogP contribution in [-0.2, 0) is 14.3 Å². The van der Waals surface area contributed by atoms with Crippen molar-refractivity contribution in [3.8, 4) is 0 Å². The highest BCUT2D eigenvalue weighted by atomic mass is 19.1. The van der Waals surface area contributed by atoms with Gasteiger partial charge in [-0.05, 0) is 142 Å². The molecule has 4 saturated heterocycles. The number of H-pyrrole nitrogens is 2. The van der Waals surface area contributed by atoms with Gasteiger partial charge in [0.25, 0.3) is 0 Å². The minimum atomic E-state index is -0.649. The van der Waals surface area contributed by atoms with Crippen LogP contribution in [0.4, 0.5) is 25.0 Å². The van der Waals surface area contributed by atoms with Gasteiger partial charge in [0.2, 0.25) is 11.8 Å². The Bertz CT molecular complexity index is 3020. The molecule has 6 aromatic rings. The molecule has 0 radical (unpaired) electrons. The van der Waals surface area contributed by atoms with Gasteiger partial charge in [0.1, 0.15) is 23.9 Å². The van der Waals surface area contributed by atoms with Crippen LogP contribution in [0, 0.1) is 23.5 Å². The lowest BCUT2D eigenvalue weighted by molar-refractivity contribution is -0.138. The Morgan fingerprint density at radius 3 is 1.97 bits per heavy atom. The summed E-state index contributed by atoms with van der Waals surface area (Å²) >= 11 is 0. The van der Waals surface area contributed by atoms with Crippen LogP contribution in [0.3, 0.4) is 0 Å². The number of fused-ring (bicyclic) bond motifs is 3. The molecular formula is C59H72F2N10O4. The van der Waals surface area contributed by atoms with E-state index in [1.165, 1.54) is 24.8 Å². The molecule has 11 rings (SSSR count). The van der Waals surface area contributed by atoms with Gasteiger partial charge in [-0.1, -0.05) is 76.1 Å². The van der Waals surface area contributed by atoms with Crippen LogP contribution in [0.5, 0.6) is 0 Å². The van der Waals surface area contributed by atoms with Gasteiger partial charge in [-0.2, -0.15) is 0 Å². The van der Waals surface area contributed by atoms with Crippen molar-refractivity contribution in [1.29, 1.82) is 0 Å². The number of amides is 3. The van der Waals surface area contributed by atoms with E-state index in [1.807, 2.05) is 47.2 Å². The molecule has 4 aromatic carbocycles. The number of nitrogens with zero attached hydrogens (tertiary/aromatic N) is 6. The van der Waals surface area contributed by atoms with Gasteiger partial charge in [-0.3, -0.25) is 9.59 Å². The van der Waals surface area contributed by atoms with Gasteiger partial charge >= 0.3 is 6.09 Å². The number of alkyl carbamates (subject to hydrolysis) is 1. The Morgan fingerprint density at radius 2 is 1.37 bits per heavy atom. The van der Waals surface area contributed by atoms with E-state index in [4.69, 9.17) is 14.7 Å². The molecule has 6 heterocycles. The van der Waals surface area contributed by atoms with Gasteiger partial charge in [0.15, 0.2) is 11.6 Å². The molecule has 4 N–H and O–H groups in total. The number of halogens is 2. The molecule has 5 aliphatic rings. The molecule has 8 atom stereocenters. The molecule has 5 fully saturated rings. The summed E-state index contributed by atoms with van der Waals surface area (Å²) < 4.78 is 38.5. The summed E-state index contributed by atoms with van der Waals surface area (Å²) in [6, 6.07) is 24.8. The van der Waals surface area contributed by atoms with E-state index in [9.17, 15) is 14.4 Å². The van der Waals surface area contributed by atoms with E-state index in [-0.39, 0.29) is 72.3 Å². The zero-order valence-corrected chi connectivity index (χ0v) is 44.0. The Hall–Kier alpha value is -6.55. The lowest BCUT2D eigenvalue weighted by Gasteiger charge is -2.36. The number of carbonyl (C=O) groups excluding carboxylic acids is 3. The number of likely N-dealkylation sites (N-methyl/N-ethyl adjacent to an activating group) is 1. The summed E-state index contributed by atoms with van der Waals surface area (Å²) in [5, 5.41) is 5.85. The van der Waals surface area contributed by atoms with Gasteiger partial charge < -0.3 is 44.9 Å². The van der Waals surface area contributed by atoms with Gasteiger partial charge in [0, 0.05) is 30.9 Å². The molecule has 1 aliphatic carbocycles. The summed E-state index contributed by atoms with van der Waals surface area (Å²) in [4.78, 5) is 65.5. The maximum atomic E-state index is 16.9. The SMILES string of the molecule is CCC[C@H]1CC[C@@H](c2nc3ccc([C@H]4CC[C@H](c5ccc6nc([C@@H]7C[C@@H]8CCC[C@@H]8N7C(=O)CNC(=O)OC)[nH]c6c5)N4c4cc(F)c(N5CCC(c6ccccc6)CC5)c(F)c4)cc3[nH]2)N1C(=O)C(NC)C(C)C. The van der Waals surface area contributed by atoms with Crippen LogP contribution in [0.1, 0.15) is 156 Å². The maximum absolute atomic E-state index is 16.9. The van der Waals surface area contributed by atoms with Crippen LogP contribution >= 0.6 is 0 Å². The largest absolute Gasteiger partial charge is 0.453 e. The summed E-state index contributed by atoms with van der Waals surface area (Å²) in [5.74, 6) is 1.09. The lowest BCUT2D eigenvalue weighted by atomic mass is 9.89. The van der Waals surface area contributed by atoms with Crippen molar-refractivity contribution >= 4 is 51.3 Å². The molecule has 396 valence electrons. The lowest BCUT2D eigenvalue weighted by Crippen LogP contribution is -2.50. The second-order valence-electron chi connectivity index (χ2n) is 22.2. The predicted octanol–water partition coefficient (Wildman–Crippen LogP) is 11.1. The third-order valence-electron chi connectivity index (χ3n) is 17.5. The fourth-order valence-corrected chi connectivity index (χ4v) is 14.0. The fourth-order valence-electron chi connectivity index (χ4n) is 14.0. The van der Waals surface area contributed by atoms with E-state index in [0.717, 1.165) is 103 Å². The first-order valence-electron chi connectivity index (χ1n) is 27.6. The second-order valence-corrected chi connectivity index (χ2v) is 22.2. The van der Waals surface area contributed by atoms with E-state index in [0.29, 0.717) is 49.3 Å². The van der Waals surface area contributed by atoms with Crippen LogP contribution < -0.4 is 20.4 Å². The average molecular weight is 1020 g/mol. The summed E-state index contributed by atoms with van der Waals surface area (Å²) in [5.41, 5.74) is 6.96. The molecule has 16 heteroatoms. The highest BCUT2D eigenvalue weighted by Gasteiger charge is 2.48. The minimum absolute atomic E-state index is 0.0232. The van der Waals surface area contributed by atoms with Crippen LogP contribution in [0.2, 0.25) is 0 Å². The average Bonchev–Trinajstić information content (AvgIpc) is 4.29. The molecular weight excluding hydrogens is 951 g/mol. The van der Waals surface area contributed by atoms with Crippen LogP contribution in [-0.4, -0.2) is 99.6 Å². The first kappa shape index (κ1) is 50.6. The number of hydrogen-bond acceptors (Lipinski definition) is 9. The number of rotatable bonds is 14. The zero-order valence-electron chi connectivity index (χ0n) is 44.0. The number of imidazole rings is 2. The Labute approximate surface area is 438 Å². The summed E-state index contributed by atoms with van der Waals surface area (Å²) in [6.07, 6.45) is 9.83. The van der Waals surface area contributed by atoms with Crippen LogP contribution in [0.15, 0.2) is 78.9 Å². The number of ether oxygens (including phenoxy) is 1. The Balaban J connectivity index is 0.923. The van der Waals surface area contributed by atoms with Crippen molar-refractivity contribution in [3.05, 3.63) is 119 Å². The van der Waals surface area contributed by atoms with Crippen molar-refractivity contribution in [1.82, 2.24) is 40.4 Å². The number of carbonyl (C=O) groups is 3. The standard InChI is InChI=1S/C59H72F2N10O4/c1-6-11-40-18-21-51(70(40)58(73)54(62-4)34(2)3)56-64-44-19-16-38(28-46(44)66-56)49-22-23-50(69(49)41-31-42(60)55(43(61)32-41)68-26-24-36(25-27-68)35-12-8-7-9-13-35)39-17-20-45-47(29-39)67-57(65-45)52-30-37-14-10-15-48(37)71(52)53(72)33-63-59(74)75-5/h7-9,12-13,16-17,19-20,28-29,31-32,34,36-37,40,48-52,54,62H,6,10-11,14-15,18,21-27,30,33H2,1-5H3,(H,63,74)(H,64,66)(H,65,67)/t37-,40-,48-,49+,50+,51-,52-,54?/m0/s1. The molecule has 14 nitrogen and oxygen atoms in total. The molecule has 0 spiro atoms. The molecule has 3 amide bonds. The van der Waals surface area contributed by atoms with Crippen molar-refractivity contribution in [2.24, 2.45) is 11.8 Å². The summed E-state index contributed by atoms with van der Waals surface area (Å²) in [7, 11) is 3.14. The fraction of sp³-hybridized carbons (Fsp3) is 0.508. The number of piperidine rings is 1. The highest BCUT2D eigenvalue weighted by molar-refractivity contribution is 5.85. The van der Waals surface area contributed by atoms with Crippen molar-refractivity contribution in [3.63, 3.8) is 0 Å². The topological polar surface area (TPSA) is 155 Å². The Morgan fingerprint density at radius 1 is 0.747 bits per heavy atom. The van der Waals surface area contributed by atoms with Crippen molar-refractivity contribution in [2.75, 3.05) is 43.6 Å². The van der Waals surface area contributed by atoms with Gasteiger partial charge in [-0.15, -0.1) is 0 Å². The number of hydrogen-bond donors (Lipinski definition) is 4. The number of likely N-dealkylation sites (tertiary alicyclic amines) is 2. The van der Waals surface area contributed by atoms with Crippen LogP contribution in [0.25, 0.3) is 22.1 Å². The van der Waals surface area contributed by atoms with Gasteiger partial charge in [0.05, 0.1) is 59.4 Å². The predicted molar refractivity (Wildman–Crippen MR) is 287 cm³/mol. The first-order valence-corrected chi connectivity index (χ1v) is 27.6. The number of aromatic nitrogens is 4. The first-order chi connectivity index (χ1) is 36.4. The molecule has 1 unspecified atom stereocenters. The molecule has 4 aliphatic heterocycles. The summed E-state index contributed by atoms with van der Waals surface area (Å²) in [6.45, 7) is 7.27. The minimum Gasteiger partial charge on any atom is -0.453 e. The number of anilines is 2. The second kappa shape index (κ2) is 21.2. The van der Waals surface area contributed by atoms with Crippen molar-refractivity contribution in [2.45, 2.75) is 146 Å². The molecule has 2 aromatic heterocycles. The van der Waals surface area contributed by atoms with E-state index in [1.54, 1.807) is 0 Å². The van der Waals surface area contributed by atoms with E-state index < -0.39 is 17.7 Å². The molecule has 75 heavy (non-hydrogen) atoms. The normalized spacial score (nSPS) is 24.5. The number of methoxy groups -OCH3 is 1. The maximum Gasteiger partial charge on any atom is 0.407 e. The molecule has 1 saturated carbocycles. The number of benzene rings is 4. The highest BCUT2D eigenvalue weighted by Crippen LogP contribution is 2.51. The van der Waals surface area contributed by atoms with E-state index in [2.05, 4.69) is 87.6 Å². The third kappa shape index (κ3) is 9.60.